The first kappa shape index (κ1) is 19.7. The highest BCUT2D eigenvalue weighted by atomic mass is 16.5. The van der Waals surface area contributed by atoms with Gasteiger partial charge in [0.15, 0.2) is 0 Å². The molecule has 0 bridgehead atoms. The van der Waals surface area contributed by atoms with Crippen LogP contribution in [0.5, 0.6) is 11.5 Å². The van der Waals surface area contributed by atoms with E-state index < -0.39 is 0 Å². The van der Waals surface area contributed by atoms with Crippen LogP contribution < -0.4 is 14.8 Å². The second-order valence-electron chi connectivity index (χ2n) is 6.77. The fourth-order valence-electron chi connectivity index (χ4n) is 3.32. The summed E-state index contributed by atoms with van der Waals surface area (Å²) in [7, 11) is 3.35. The van der Waals surface area contributed by atoms with E-state index in [1.165, 1.54) is 5.56 Å². The summed E-state index contributed by atoms with van der Waals surface area (Å²) in [5.74, 6) is 1.65. The van der Waals surface area contributed by atoms with E-state index >= 15 is 0 Å². The predicted molar refractivity (Wildman–Crippen MR) is 105 cm³/mol. The molecule has 1 heterocycles. The molecule has 1 fully saturated rings. The van der Waals surface area contributed by atoms with Gasteiger partial charge in [0.05, 0.1) is 33.5 Å². The van der Waals surface area contributed by atoms with Crippen LogP contribution in [-0.2, 0) is 22.6 Å². The van der Waals surface area contributed by atoms with Gasteiger partial charge in [-0.15, -0.1) is 0 Å². The van der Waals surface area contributed by atoms with E-state index in [1.807, 2.05) is 36.4 Å². The molecule has 5 nitrogen and oxygen atoms in total. The highest BCUT2D eigenvalue weighted by Crippen LogP contribution is 2.25. The van der Waals surface area contributed by atoms with Gasteiger partial charge in [0.1, 0.15) is 11.5 Å². The fraction of sp³-hybridized carbons (Fsp3) is 0.455. The third-order valence-corrected chi connectivity index (χ3v) is 4.86. The van der Waals surface area contributed by atoms with Gasteiger partial charge < -0.3 is 24.3 Å². The van der Waals surface area contributed by atoms with Crippen molar-refractivity contribution in [3.05, 3.63) is 59.7 Å². The Bertz CT molecular complexity index is 692. The van der Waals surface area contributed by atoms with Gasteiger partial charge in [0, 0.05) is 30.8 Å². The zero-order valence-corrected chi connectivity index (χ0v) is 16.1. The second-order valence-corrected chi connectivity index (χ2v) is 6.77. The molecule has 0 saturated carbocycles. The van der Waals surface area contributed by atoms with E-state index in [9.17, 15) is 0 Å². The van der Waals surface area contributed by atoms with Gasteiger partial charge in [-0.2, -0.15) is 0 Å². The molecule has 0 aromatic heterocycles. The molecule has 2 aromatic carbocycles. The summed E-state index contributed by atoms with van der Waals surface area (Å²) in [6.07, 6.45) is 2.10. The number of benzene rings is 2. The maximum atomic E-state index is 5.87. The molecule has 5 heteroatoms. The first-order valence-electron chi connectivity index (χ1n) is 9.46. The average Bonchev–Trinajstić information content (AvgIpc) is 2.73. The zero-order valence-electron chi connectivity index (χ0n) is 16.1. The largest absolute Gasteiger partial charge is 0.497 e. The minimum absolute atomic E-state index is 0.137. The molecule has 2 aromatic rings. The van der Waals surface area contributed by atoms with Gasteiger partial charge in [-0.1, -0.05) is 36.4 Å². The lowest BCUT2D eigenvalue weighted by molar-refractivity contribution is -0.0537. The molecular weight excluding hydrogens is 342 g/mol. The maximum absolute atomic E-state index is 5.87. The van der Waals surface area contributed by atoms with Crippen molar-refractivity contribution >= 4 is 0 Å². The topological polar surface area (TPSA) is 49.0 Å². The molecule has 0 aliphatic carbocycles. The number of hydrogen-bond donors (Lipinski definition) is 1. The van der Waals surface area contributed by atoms with Gasteiger partial charge in [-0.25, -0.2) is 0 Å². The smallest absolute Gasteiger partial charge is 0.127 e. The Morgan fingerprint density at radius 1 is 1.07 bits per heavy atom. The van der Waals surface area contributed by atoms with Gasteiger partial charge in [0.25, 0.3) is 0 Å². The monoisotopic (exact) mass is 371 g/mol. The highest BCUT2D eigenvalue weighted by molar-refractivity contribution is 5.40. The van der Waals surface area contributed by atoms with Crippen LogP contribution in [0.3, 0.4) is 0 Å². The van der Waals surface area contributed by atoms with Gasteiger partial charge in [0.2, 0.25) is 0 Å². The molecule has 0 radical (unpaired) electrons. The average molecular weight is 371 g/mol. The van der Waals surface area contributed by atoms with E-state index in [1.54, 1.807) is 14.2 Å². The van der Waals surface area contributed by atoms with Crippen LogP contribution in [0.1, 0.15) is 24.0 Å². The lowest BCUT2D eigenvalue weighted by Gasteiger charge is -2.30. The predicted octanol–water partition coefficient (Wildman–Crippen LogP) is 3.56. The molecule has 0 amide bonds. The summed E-state index contributed by atoms with van der Waals surface area (Å²) >= 11 is 0. The van der Waals surface area contributed by atoms with E-state index in [0.29, 0.717) is 19.3 Å². The third-order valence-electron chi connectivity index (χ3n) is 4.86. The zero-order chi connectivity index (χ0) is 18.9. The SMILES string of the molecule is COc1ccc(CN[C@H]2CCO[C@@H](COCc3ccccc3)C2)c(OC)c1. The molecule has 1 aliphatic rings. The van der Waals surface area contributed by atoms with Gasteiger partial charge >= 0.3 is 0 Å². The first-order valence-corrected chi connectivity index (χ1v) is 9.46. The maximum Gasteiger partial charge on any atom is 0.127 e. The van der Waals surface area contributed by atoms with Crippen LogP contribution in [0.25, 0.3) is 0 Å². The van der Waals surface area contributed by atoms with E-state index in [-0.39, 0.29) is 6.10 Å². The summed E-state index contributed by atoms with van der Waals surface area (Å²) in [4.78, 5) is 0. The minimum Gasteiger partial charge on any atom is -0.497 e. The van der Waals surface area contributed by atoms with Crippen molar-refractivity contribution in [3.8, 4) is 11.5 Å². The standard InChI is InChI=1S/C22H29NO4/c1-24-20-9-8-18(22(13-20)25-2)14-23-19-10-11-27-21(12-19)16-26-15-17-6-4-3-5-7-17/h3-9,13,19,21,23H,10-12,14-16H2,1-2H3/t19-,21+/m0/s1. The normalized spacial score (nSPS) is 19.6. The minimum atomic E-state index is 0.137. The third kappa shape index (κ3) is 5.96. The Morgan fingerprint density at radius 2 is 1.93 bits per heavy atom. The van der Waals surface area contributed by atoms with Crippen LogP contribution in [0.15, 0.2) is 48.5 Å². The van der Waals surface area contributed by atoms with Crippen molar-refractivity contribution in [1.29, 1.82) is 0 Å². The molecule has 3 rings (SSSR count). The molecule has 27 heavy (non-hydrogen) atoms. The Balaban J connectivity index is 1.44. The number of rotatable bonds is 9. The Kier molecular flexibility index (Phi) is 7.51. The second kappa shape index (κ2) is 10.3. The molecule has 0 spiro atoms. The van der Waals surface area contributed by atoms with Crippen LogP contribution in [0, 0.1) is 0 Å². The Morgan fingerprint density at radius 3 is 2.70 bits per heavy atom. The van der Waals surface area contributed by atoms with Gasteiger partial charge in [-0.05, 0) is 24.5 Å². The van der Waals surface area contributed by atoms with Crippen LogP contribution >= 0.6 is 0 Å². The van der Waals surface area contributed by atoms with E-state index in [4.69, 9.17) is 18.9 Å². The molecule has 1 saturated heterocycles. The van der Waals surface area contributed by atoms with Crippen molar-refractivity contribution in [3.63, 3.8) is 0 Å². The van der Waals surface area contributed by atoms with Crippen molar-refractivity contribution < 1.29 is 18.9 Å². The van der Waals surface area contributed by atoms with Crippen molar-refractivity contribution in [1.82, 2.24) is 5.32 Å². The van der Waals surface area contributed by atoms with Crippen LogP contribution in [0.2, 0.25) is 0 Å². The summed E-state index contributed by atoms with van der Waals surface area (Å²) in [6, 6.07) is 16.6. The molecule has 1 aliphatic heterocycles. The molecule has 2 atom stereocenters. The van der Waals surface area contributed by atoms with Gasteiger partial charge in [-0.3, -0.25) is 0 Å². The molecule has 1 N–H and O–H groups in total. The fourth-order valence-corrected chi connectivity index (χ4v) is 3.32. The lowest BCUT2D eigenvalue weighted by Crippen LogP contribution is -2.40. The van der Waals surface area contributed by atoms with Crippen LogP contribution in [-0.4, -0.2) is 39.6 Å². The quantitative estimate of drug-likeness (QED) is 0.730. The van der Waals surface area contributed by atoms with Crippen molar-refractivity contribution in [2.75, 3.05) is 27.4 Å². The number of methoxy groups -OCH3 is 2. The molecular formula is C22H29NO4. The summed E-state index contributed by atoms with van der Waals surface area (Å²) in [5.41, 5.74) is 2.32. The van der Waals surface area contributed by atoms with Crippen molar-refractivity contribution in [2.45, 2.75) is 38.1 Å². The highest BCUT2D eigenvalue weighted by Gasteiger charge is 2.22. The Labute approximate surface area is 161 Å². The lowest BCUT2D eigenvalue weighted by atomic mass is 10.0. The molecule has 0 unspecified atom stereocenters. The summed E-state index contributed by atoms with van der Waals surface area (Å²) < 4.78 is 22.5. The van der Waals surface area contributed by atoms with E-state index in [2.05, 4.69) is 17.4 Å². The summed E-state index contributed by atoms with van der Waals surface area (Å²) in [5, 5.41) is 3.63. The number of nitrogens with one attached hydrogen (secondary N) is 1. The number of hydrogen-bond acceptors (Lipinski definition) is 5. The number of ether oxygens (including phenoxy) is 4. The van der Waals surface area contributed by atoms with E-state index in [0.717, 1.165) is 43.1 Å². The first-order chi connectivity index (χ1) is 13.3. The van der Waals surface area contributed by atoms with Crippen molar-refractivity contribution in [2.24, 2.45) is 0 Å². The summed E-state index contributed by atoms with van der Waals surface area (Å²) in [6.45, 7) is 2.77. The Hall–Kier alpha value is -2.08. The molecule has 146 valence electrons. The van der Waals surface area contributed by atoms with Crippen LogP contribution in [0.4, 0.5) is 0 Å².